The second-order valence-electron chi connectivity index (χ2n) is 6.15. The van der Waals surface area contributed by atoms with Crippen molar-refractivity contribution in [3.63, 3.8) is 0 Å². The van der Waals surface area contributed by atoms with Gasteiger partial charge in [-0.25, -0.2) is 0 Å². The highest BCUT2D eigenvalue weighted by Crippen LogP contribution is 2.35. The summed E-state index contributed by atoms with van der Waals surface area (Å²) in [5.74, 6) is 0.0495. The molecule has 0 saturated carbocycles. The van der Waals surface area contributed by atoms with Gasteiger partial charge in [0.15, 0.2) is 0 Å². The van der Waals surface area contributed by atoms with Crippen LogP contribution in [0.1, 0.15) is 47.5 Å². The average Bonchev–Trinajstić information content (AvgIpc) is 2.35. The van der Waals surface area contributed by atoms with Crippen molar-refractivity contribution in [1.82, 2.24) is 5.32 Å². The van der Waals surface area contributed by atoms with Crippen LogP contribution >= 0.6 is 11.8 Å². The maximum absolute atomic E-state index is 12.5. The summed E-state index contributed by atoms with van der Waals surface area (Å²) in [4.78, 5) is 12.5. The van der Waals surface area contributed by atoms with E-state index in [1.54, 1.807) is 17.8 Å². The fourth-order valence-electron chi connectivity index (χ4n) is 2.03. The summed E-state index contributed by atoms with van der Waals surface area (Å²) >= 11 is 1.79. The van der Waals surface area contributed by atoms with Crippen molar-refractivity contribution < 1.29 is 4.79 Å². The van der Waals surface area contributed by atoms with Gasteiger partial charge in [-0.2, -0.15) is 11.8 Å². The van der Waals surface area contributed by atoms with Crippen LogP contribution in [0.5, 0.6) is 0 Å². The Morgan fingerprint density at radius 3 is 2.35 bits per heavy atom. The van der Waals surface area contributed by atoms with Gasteiger partial charge in [0.2, 0.25) is 5.91 Å². The van der Waals surface area contributed by atoms with Gasteiger partial charge >= 0.3 is 0 Å². The van der Waals surface area contributed by atoms with Crippen LogP contribution in [-0.4, -0.2) is 16.9 Å². The van der Waals surface area contributed by atoms with Gasteiger partial charge in [0, 0.05) is 15.9 Å². The molecule has 0 aromatic carbocycles. The van der Waals surface area contributed by atoms with E-state index in [2.05, 4.69) is 38.9 Å². The predicted molar refractivity (Wildman–Crippen MR) is 91.8 cm³/mol. The number of carbonyl (C=O) groups excluding carboxylic acids is 1. The number of nitrogens with one attached hydrogen (secondary N) is 1. The number of carbonyl (C=O) groups is 1. The van der Waals surface area contributed by atoms with Crippen LogP contribution in [0.25, 0.3) is 0 Å². The van der Waals surface area contributed by atoms with E-state index >= 15 is 0 Å². The van der Waals surface area contributed by atoms with Crippen molar-refractivity contribution in [1.29, 1.82) is 0 Å². The molecule has 2 nitrogen and oxygen atoms in total. The Kier molecular flexibility index (Phi) is 7.95. The minimum Gasteiger partial charge on any atom is -0.326 e. The lowest BCUT2D eigenvalue weighted by Gasteiger charge is -2.32. The number of hydrogen-bond donors (Lipinski definition) is 1. The van der Waals surface area contributed by atoms with Gasteiger partial charge in [0.1, 0.15) is 0 Å². The number of amides is 1. The Hall–Kier alpha value is -0.960. The van der Waals surface area contributed by atoms with Crippen LogP contribution in [-0.2, 0) is 4.79 Å². The number of hydrogen-bond acceptors (Lipinski definition) is 2. The van der Waals surface area contributed by atoms with Gasteiger partial charge in [-0.3, -0.25) is 4.79 Å². The van der Waals surface area contributed by atoms with E-state index in [0.717, 1.165) is 18.5 Å². The first-order valence-corrected chi connectivity index (χ1v) is 8.27. The van der Waals surface area contributed by atoms with Crippen molar-refractivity contribution in [2.75, 3.05) is 6.26 Å². The molecule has 0 aromatic rings. The first-order valence-electron chi connectivity index (χ1n) is 7.04. The molecule has 0 unspecified atom stereocenters. The molecular weight excluding hydrogens is 266 g/mol. The molecule has 20 heavy (non-hydrogen) atoms. The van der Waals surface area contributed by atoms with Crippen LogP contribution in [0.3, 0.4) is 0 Å². The largest absolute Gasteiger partial charge is 0.326 e. The van der Waals surface area contributed by atoms with Crippen LogP contribution in [0, 0.1) is 5.41 Å². The maximum Gasteiger partial charge on any atom is 0.230 e. The Bertz CT molecular complexity index is 392. The monoisotopic (exact) mass is 295 g/mol. The molecule has 0 radical (unpaired) electrons. The summed E-state index contributed by atoms with van der Waals surface area (Å²) in [6, 6.07) is 0. The molecule has 0 heterocycles. The molecule has 1 amide bonds. The smallest absolute Gasteiger partial charge is 0.230 e. The van der Waals surface area contributed by atoms with Crippen LogP contribution in [0.15, 0.2) is 36.6 Å². The normalized spacial score (nSPS) is 13.6. The number of rotatable bonds is 8. The zero-order valence-electron chi connectivity index (χ0n) is 13.7. The third-order valence-electron chi connectivity index (χ3n) is 3.12. The van der Waals surface area contributed by atoms with Gasteiger partial charge < -0.3 is 5.32 Å². The van der Waals surface area contributed by atoms with Crippen molar-refractivity contribution in [3.05, 3.63) is 36.6 Å². The first kappa shape index (κ1) is 19.0. The molecule has 0 rings (SSSR count). The molecule has 0 aliphatic carbocycles. The molecule has 114 valence electrons. The highest BCUT2D eigenvalue weighted by atomic mass is 32.2. The molecule has 0 aromatic heterocycles. The van der Waals surface area contributed by atoms with Gasteiger partial charge in [-0.05, 0) is 31.2 Å². The second kappa shape index (κ2) is 8.35. The number of thioether (sulfide) groups is 1. The Morgan fingerprint density at radius 1 is 1.30 bits per heavy atom. The number of allylic oxidation sites excluding steroid dienone is 4. The standard InChI is InChI=1S/C17H29NOS/c1-8-10-12-14(11-9-2)18-15(19)16(3,4)13-17(5,6)20-7/h9-12H,2,8,13H2,1,3-7H3,(H,18,19)/b12-10-,14-11+. The second-order valence-corrected chi connectivity index (χ2v) is 7.66. The lowest BCUT2D eigenvalue weighted by Crippen LogP contribution is -2.40. The molecule has 0 spiro atoms. The van der Waals surface area contributed by atoms with Gasteiger partial charge in [0.25, 0.3) is 0 Å². The van der Waals surface area contributed by atoms with Crippen LogP contribution in [0.4, 0.5) is 0 Å². The third-order valence-corrected chi connectivity index (χ3v) is 4.37. The zero-order valence-corrected chi connectivity index (χ0v) is 14.6. The van der Waals surface area contributed by atoms with Crippen molar-refractivity contribution in [3.8, 4) is 0 Å². The summed E-state index contributed by atoms with van der Waals surface area (Å²) in [7, 11) is 0. The van der Waals surface area contributed by atoms with Crippen molar-refractivity contribution in [2.24, 2.45) is 5.41 Å². The van der Waals surface area contributed by atoms with E-state index in [4.69, 9.17) is 0 Å². The molecule has 0 aliphatic rings. The van der Waals surface area contributed by atoms with Gasteiger partial charge in [-0.1, -0.05) is 53.3 Å². The van der Waals surface area contributed by atoms with E-state index in [-0.39, 0.29) is 10.7 Å². The van der Waals surface area contributed by atoms with Crippen LogP contribution in [0.2, 0.25) is 0 Å². The van der Waals surface area contributed by atoms with E-state index in [1.165, 1.54) is 0 Å². The SMILES string of the molecule is C=C/C=C(\C=C/CC)NC(=O)C(C)(C)CC(C)(C)SC. The average molecular weight is 295 g/mol. The molecule has 0 fully saturated rings. The molecule has 3 heteroatoms. The highest BCUT2D eigenvalue weighted by molar-refractivity contribution is 7.99. The molecule has 0 aliphatic heterocycles. The molecule has 1 N–H and O–H groups in total. The molecular formula is C17H29NOS. The maximum atomic E-state index is 12.5. The lowest BCUT2D eigenvalue weighted by atomic mass is 9.82. The minimum absolute atomic E-state index is 0.0495. The summed E-state index contributed by atoms with van der Waals surface area (Å²) < 4.78 is 0.0857. The lowest BCUT2D eigenvalue weighted by molar-refractivity contribution is -0.129. The summed E-state index contributed by atoms with van der Waals surface area (Å²) in [6.45, 7) is 14.1. The topological polar surface area (TPSA) is 29.1 Å². The molecule has 0 atom stereocenters. The van der Waals surface area contributed by atoms with Crippen LogP contribution < -0.4 is 5.32 Å². The van der Waals surface area contributed by atoms with E-state index in [1.807, 2.05) is 32.1 Å². The van der Waals surface area contributed by atoms with Gasteiger partial charge in [-0.15, -0.1) is 0 Å². The summed E-state index contributed by atoms with van der Waals surface area (Å²) in [6.07, 6.45) is 11.3. The summed E-state index contributed by atoms with van der Waals surface area (Å²) in [5, 5.41) is 2.99. The Balaban J connectivity index is 4.91. The first-order chi connectivity index (χ1) is 9.18. The van der Waals surface area contributed by atoms with E-state index in [0.29, 0.717) is 0 Å². The highest BCUT2D eigenvalue weighted by Gasteiger charge is 2.34. The van der Waals surface area contributed by atoms with E-state index in [9.17, 15) is 4.79 Å². The minimum atomic E-state index is -0.410. The molecule has 0 bridgehead atoms. The Morgan fingerprint density at radius 2 is 1.90 bits per heavy atom. The predicted octanol–water partition coefficient (Wildman–Crippen LogP) is 4.70. The third kappa shape index (κ3) is 6.99. The molecule has 0 saturated heterocycles. The fourth-order valence-corrected chi connectivity index (χ4v) is 2.53. The summed E-state index contributed by atoms with van der Waals surface area (Å²) in [5.41, 5.74) is 0.384. The van der Waals surface area contributed by atoms with Gasteiger partial charge in [0.05, 0.1) is 0 Å². The van der Waals surface area contributed by atoms with E-state index < -0.39 is 5.41 Å². The Labute approximate surface area is 128 Å². The van der Waals surface area contributed by atoms with Crippen molar-refractivity contribution in [2.45, 2.75) is 52.2 Å². The zero-order chi connectivity index (χ0) is 15.8. The fraction of sp³-hybridized carbons (Fsp3) is 0.588. The van der Waals surface area contributed by atoms with Crippen molar-refractivity contribution >= 4 is 17.7 Å². The quantitative estimate of drug-likeness (QED) is 0.658.